The zero-order valence-corrected chi connectivity index (χ0v) is 20.4. The monoisotopic (exact) mass is 575 g/mol. The average molecular weight is 574 g/mol. The summed E-state index contributed by atoms with van der Waals surface area (Å²) in [5.41, 5.74) is 2.15. The van der Waals surface area contributed by atoms with Crippen molar-refractivity contribution in [2.75, 3.05) is 5.75 Å². The van der Waals surface area contributed by atoms with Crippen LogP contribution in [0.1, 0.15) is 27.4 Å². The summed E-state index contributed by atoms with van der Waals surface area (Å²) in [5.74, 6) is 0.714. The maximum absolute atomic E-state index is 13.6. The Labute approximate surface area is 180 Å². The van der Waals surface area contributed by atoms with Gasteiger partial charge >= 0.3 is 182 Å². The topological polar surface area (TPSA) is 25.9 Å². The first-order valence-corrected chi connectivity index (χ1v) is 20.7. The Bertz CT molecular complexity index is 1110. The number of rotatable bonds is 2. The first-order valence-electron chi connectivity index (χ1n) is 8.71. The van der Waals surface area contributed by atoms with Crippen LogP contribution in [0.25, 0.3) is 15.9 Å². The summed E-state index contributed by atoms with van der Waals surface area (Å²) in [5, 5.41) is 1.73. The predicted molar refractivity (Wildman–Crippen MR) is 117 cm³/mol. The van der Waals surface area contributed by atoms with E-state index in [0.29, 0.717) is 5.75 Å². The van der Waals surface area contributed by atoms with Gasteiger partial charge in [-0.15, -0.1) is 0 Å². The van der Waals surface area contributed by atoms with E-state index in [2.05, 4.69) is 4.57 Å². The van der Waals surface area contributed by atoms with Crippen LogP contribution in [0.2, 0.25) is 0 Å². The number of thioether (sulfide) groups is 1. The number of hydrogen-bond donors (Lipinski definition) is 0. The maximum atomic E-state index is 13.6. The second-order valence-electron chi connectivity index (χ2n) is 6.73. The standard InChI is InChI=1S/C18H16Cl3N2OS2Te/c19-27(20,21)14-10-25-18-22(11-6-2-1-3-7-11)16(24)15-12-8-4-5-9-13(12)26-17(15)23(14)18/h1-3,6-7,14H,4-5,8-10H2/q+1. The van der Waals surface area contributed by atoms with Gasteiger partial charge in [0.2, 0.25) is 0 Å². The van der Waals surface area contributed by atoms with Crippen molar-refractivity contribution in [1.29, 1.82) is 0 Å². The summed E-state index contributed by atoms with van der Waals surface area (Å²) in [4.78, 5) is 16.0. The Morgan fingerprint density at radius 3 is 2.59 bits per heavy atom. The van der Waals surface area contributed by atoms with Gasteiger partial charge in [-0.25, -0.2) is 0 Å². The van der Waals surface area contributed by atoms with Crippen LogP contribution in [-0.4, -0.2) is 25.1 Å². The number of para-hydroxylation sites is 1. The minimum absolute atomic E-state index is 0.0621. The first-order chi connectivity index (χ1) is 13.0. The van der Waals surface area contributed by atoms with Gasteiger partial charge in [-0.05, 0) is 0 Å². The number of benzene rings is 1. The van der Waals surface area contributed by atoms with E-state index in [4.69, 9.17) is 26.9 Å². The fraction of sp³-hybridized carbons (Fsp3) is 0.333. The molecule has 5 rings (SSSR count). The number of hydrogen-bond acceptors (Lipinski definition) is 3. The van der Waals surface area contributed by atoms with E-state index >= 15 is 0 Å². The van der Waals surface area contributed by atoms with Gasteiger partial charge in [-0.2, -0.15) is 0 Å². The van der Waals surface area contributed by atoms with Gasteiger partial charge in [0, 0.05) is 0 Å². The molecular formula is C18H16Cl3N2OS2Te+. The molecule has 0 saturated heterocycles. The third-order valence-electron chi connectivity index (χ3n) is 5.15. The summed E-state index contributed by atoms with van der Waals surface area (Å²) in [7, 11) is 19.6. The van der Waals surface area contributed by atoms with Crippen molar-refractivity contribution in [2.24, 2.45) is 0 Å². The molecule has 0 amide bonds. The van der Waals surface area contributed by atoms with E-state index in [-0.39, 0.29) is 9.65 Å². The molecule has 3 aromatic rings. The SMILES string of the molecule is O=c1c2c3c(sc2[n+]2c(n1-c1ccccc1)SCC2[Te](Cl)(Cl)Cl)CCCC3. The molecule has 1 atom stereocenters. The molecule has 0 fully saturated rings. The van der Waals surface area contributed by atoms with E-state index in [1.165, 1.54) is 16.9 Å². The average Bonchev–Trinajstić information content (AvgIpc) is 3.24. The van der Waals surface area contributed by atoms with Gasteiger partial charge in [-0.3, -0.25) is 0 Å². The van der Waals surface area contributed by atoms with Gasteiger partial charge in [0.05, 0.1) is 0 Å². The number of aryl methyl sites for hydroxylation is 2. The summed E-state index contributed by atoms with van der Waals surface area (Å²) >= 11 is -0.213. The van der Waals surface area contributed by atoms with Crippen LogP contribution in [-0.2, 0) is 12.8 Å². The van der Waals surface area contributed by atoms with Gasteiger partial charge in [-0.1, -0.05) is 0 Å². The fourth-order valence-corrected chi connectivity index (χ4v) is 15.0. The molecule has 3 heterocycles. The Morgan fingerprint density at radius 2 is 1.85 bits per heavy atom. The third kappa shape index (κ3) is 3.08. The number of fused-ring (bicyclic) bond motifs is 5. The molecule has 142 valence electrons. The molecule has 1 aliphatic heterocycles. The molecule has 1 aromatic carbocycles. The normalized spacial score (nSPS) is 19.9. The van der Waals surface area contributed by atoms with Crippen LogP contribution in [0.15, 0.2) is 40.3 Å². The molecule has 27 heavy (non-hydrogen) atoms. The molecule has 0 radical (unpaired) electrons. The zero-order valence-electron chi connectivity index (χ0n) is 14.2. The minimum atomic E-state index is -3.57. The van der Waals surface area contributed by atoms with Crippen molar-refractivity contribution in [3.8, 4) is 5.69 Å². The van der Waals surface area contributed by atoms with E-state index in [9.17, 15) is 4.79 Å². The van der Waals surface area contributed by atoms with Crippen molar-refractivity contribution in [1.82, 2.24) is 4.57 Å². The molecule has 0 spiro atoms. The second kappa shape index (κ2) is 7.09. The molecule has 2 aromatic heterocycles. The predicted octanol–water partition coefficient (Wildman–Crippen LogP) is 5.06. The fourth-order valence-electron chi connectivity index (χ4n) is 3.94. The quantitative estimate of drug-likeness (QED) is 0.243. The van der Waals surface area contributed by atoms with Gasteiger partial charge in [0.25, 0.3) is 0 Å². The van der Waals surface area contributed by atoms with E-state index < -0.39 is 14.8 Å². The van der Waals surface area contributed by atoms with Crippen molar-refractivity contribution < 1.29 is 4.57 Å². The number of thiophene rings is 1. The molecule has 0 saturated carbocycles. The van der Waals surface area contributed by atoms with E-state index in [0.717, 1.165) is 40.3 Å². The van der Waals surface area contributed by atoms with Crippen LogP contribution in [0.3, 0.4) is 0 Å². The van der Waals surface area contributed by atoms with E-state index in [1.54, 1.807) is 23.1 Å². The molecular weight excluding hydrogens is 558 g/mol. The molecule has 1 unspecified atom stereocenters. The Hall–Kier alpha value is 0.0696. The van der Waals surface area contributed by atoms with Crippen LogP contribution in [0.5, 0.6) is 0 Å². The first kappa shape index (κ1) is 19.1. The van der Waals surface area contributed by atoms with Crippen molar-refractivity contribution >= 4 is 75.0 Å². The van der Waals surface area contributed by atoms with Gasteiger partial charge < -0.3 is 0 Å². The summed E-state index contributed by atoms with van der Waals surface area (Å²) in [6.07, 6.45) is 4.32. The molecule has 3 nitrogen and oxygen atoms in total. The van der Waals surface area contributed by atoms with Gasteiger partial charge in [0.1, 0.15) is 0 Å². The molecule has 0 bridgehead atoms. The Kier molecular flexibility index (Phi) is 5.01. The molecule has 9 heteroatoms. The molecule has 0 N–H and O–H groups in total. The van der Waals surface area contributed by atoms with Crippen LogP contribution < -0.4 is 10.1 Å². The third-order valence-corrected chi connectivity index (χ3v) is 15.2. The molecule has 2 aliphatic rings. The van der Waals surface area contributed by atoms with Crippen LogP contribution in [0, 0.1) is 0 Å². The van der Waals surface area contributed by atoms with Gasteiger partial charge in [0.15, 0.2) is 0 Å². The van der Waals surface area contributed by atoms with Crippen molar-refractivity contribution in [3.63, 3.8) is 0 Å². The van der Waals surface area contributed by atoms with Crippen molar-refractivity contribution in [2.45, 2.75) is 34.9 Å². The van der Waals surface area contributed by atoms with E-state index in [1.807, 2.05) is 34.9 Å². The number of aromatic nitrogens is 2. The zero-order chi connectivity index (χ0) is 18.8. The molecule has 1 aliphatic carbocycles. The Balaban J connectivity index is 1.92. The van der Waals surface area contributed by atoms with Crippen molar-refractivity contribution in [3.05, 3.63) is 51.1 Å². The number of halogens is 3. The summed E-state index contributed by atoms with van der Waals surface area (Å²) < 4.78 is 3.90. The Morgan fingerprint density at radius 1 is 1.11 bits per heavy atom. The number of nitrogens with zero attached hydrogens (tertiary/aromatic N) is 2. The second-order valence-corrected chi connectivity index (χ2v) is 25.9. The summed E-state index contributed by atoms with van der Waals surface area (Å²) in [6, 6.07) is 9.81. The van der Waals surface area contributed by atoms with Crippen LogP contribution in [0.4, 0.5) is 0 Å². The summed E-state index contributed by atoms with van der Waals surface area (Å²) in [6.45, 7) is 0. The van der Waals surface area contributed by atoms with Crippen LogP contribution >= 0.6 is 50.0 Å².